The van der Waals surface area contributed by atoms with Crippen molar-refractivity contribution in [3.8, 4) is 6.07 Å². The molecule has 2 fully saturated rings. The summed E-state index contributed by atoms with van der Waals surface area (Å²) in [6.45, 7) is 0. The minimum Gasteiger partial charge on any atom is -0.381 e. The van der Waals surface area contributed by atoms with Crippen molar-refractivity contribution >= 4 is 31.7 Å². The van der Waals surface area contributed by atoms with E-state index in [4.69, 9.17) is 10.00 Å². The quantitative estimate of drug-likeness (QED) is 0.677. The van der Waals surface area contributed by atoms with E-state index in [-0.39, 0.29) is 17.3 Å². The molecule has 3 rings (SSSR count). The standard InChI is InChI=1S/C18H18BrF3N2O4S/c1-28-14-8-11(7-12(14)16(25)24-17(9-23)4-5-17)29(26,27)15-3-2-10(19)6-13(15)18(20,21)22/h2-3,6,11-12,14H,4-5,7-8H2,1H3,(H,24,25)/t11-,12-,14-/m0/s1. The van der Waals surface area contributed by atoms with Crippen molar-refractivity contribution in [2.24, 2.45) is 5.92 Å². The Labute approximate surface area is 174 Å². The zero-order valence-corrected chi connectivity index (χ0v) is 17.7. The maximum Gasteiger partial charge on any atom is 0.417 e. The van der Waals surface area contributed by atoms with Crippen molar-refractivity contribution in [1.82, 2.24) is 5.32 Å². The summed E-state index contributed by atoms with van der Waals surface area (Å²) in [5.74, 6) is -1.38. The predicted molar refractivity (Wildman–Crippen MR) is 99.4 cm³/mol. The van der Waals surface area contributed by atoms with Gasteiger partial charge >= 0.3 is 6.18 Å². The molecule has 0 heterocycles. The Balaban J connectivity index is 1.89. The van der Waals surface area contributed by atoms with E-state index in [1.54, 1.807) is 0 Å². The van der Waals surface area contributed by atoms with Crippen LogP contribution in [-0.2, 0) is 25.5 Å². The van der Waals surface area contributed by atoms with Crippen molar-refractivity contribution in [2.75, 3.05) is 7.11 Å². The first-order valence-electron chi connectivity index (χ1n) is 8.80. The molecule has 0 unspecified atom stereocenters. The first-order valence-corrected chi connectivity index (χ1v) is 11.1. The van der Waals surface area contributed by atoms with Crippen LogP contribution >= 0.6 is 15.9 Å². The molecule has 1 amide bonds. The number of alkyl halides is 3. The molecule has 6 nitrogen and oxygen atoms in total. The highest BCUT2D eigenvalue weighted by Gasteiger charge is 2.51. The van der Waals surface area contributed by atoms with Crippen LogP contribution in [0.1, 0.15) is 31.2 Å². The molecule has 2 aliphatic rings. The maximum absolute atomic E-state index is 13.4. The van der Waals surface area contributed by atoms with Gasteiger partial charge in [-0.25, -0.2) is 8.42 Å². The molecule has 1 aromatic carbocycles. The fraction of sp³-hybridized carbons (Fsp3) is 0.556. The normalized spacial score (nSPS) is 26.0. The number of benzene rings is 1. The number of rotatable bonds is 5. The molecule has 0 aromatic heterocycles. The van der Waals surface area contributed by atoms with Gasteiger partial charge in [0.15, 0.2) is 9.84 Å². The summed E-state index contributed by atoms with van der Waals surface area (Å²) in [5, 5.41) is 10.5. The van der Waals surface area contributed by atoms with Crippen LogP contribution in [0, 0.1) is 17.2 Å². The van der Waals surface area contributed by atoms with Crippen molar-refractivity contribution in [2.45, 2.75) is 53.6 Å². The molecule has 2 aliphatic carbocycles. The lowest BCUT2D eigenvalue weighted by atomic mass is 10.0. The third kappa shape index (κ3) is 4.29. The van der Waals surface area contributed by atoms with Gasteiger partial charge in [0.25, 0.3) is 0 Å². The molecule has 0 spiro atoms. The first kappa shape index (κ1) is 22.1. The lowest BCUT2D eigenvalue weighted by molar-refractivity contribution is -0.140. The van der Waals surface area contributed by atoms with E-state index in [2.05, 4.69) is 21.2 Å². The first-order chi connectivity index (χ1) is 13.4. The number of sulfone groups is 1. The monoisotopic (exact) mass is 494 g/mol. The number of hydrogen-bond acceptors (Lipinski definition) is 5. The lowest BCUT2D eigenvalue weighted by Crippen LogP contribution is -2.42. The Morgan fingerprint density at radius 1 is 1.34 bits per heavy atom. The Morgan fingerprint density at radius 3 is 2.52 bits per heavy atom. The zero-order valence-electron chi connectivity index (χ0n) is 15.3. The molecule has 11 heteroatoms. The van der Waals surface area contributed by atoms with Gasteiger partial charge in [0.05, 0.1) is 33.8 Å². The van der Waals surface area contributed by atoms with Gasteiger partial charge in [0.2, 0.25) is 5.91 Å². The third-order valence-electron chi connectivity index (χ3n) is 5.42. The Hall–Kier alpha value is -1.64. The smallest absolute Gasteiger partial charge is 0.381 e. The zero-order chi connectivity index (χ0) is 21.6. The number of hydrogen-bond donors (Lipinski definition) is 1. The Morgan fingerprint density at radius 2 is 2.00 bits per heavy atom. The second-order valence-corrected chi connectivity index (χ2v) is 10.5. The average molecular weight is 495 g/mol. The van der Waals surface area contributed by atoms with Gasteiger partial charge in [-0.05, 0) is 43.9 Å². The van der Waals surface area contributed by atoms with Gasteiger partial charge in [0.1, 0.15) is 5.54 Å². The molecule has 1 N–H and O–H groups in total. The van der Waals surface area contributed by atoms with Crippen LogP contribution in [0.4, 0.5) is 13.2 Å². The second-order valence-electron chi connectivity index (χ2n) is 7.34. The number of carbonyl (C=O) groups is 1. The van der Waals surface area contributed by atoms with Crippen LogP contribution < -0.4 is 5.32 Å². The van der Waals surface area contributed by atoms with E-state index in [0.717, 1.165) is 12.1 Å². The number of ether oxygens (including phenoxy) is 1. The molecule has 0 radical (unpaired) electrons. The molecule has 1 aromatic rings. The number of nitrogens with zero attached hydrogens (tertiary/aromatic N) is 1. The predicted octanol–water partition coefficient (Wildman–Crippen LogP) is 3.21. The van der Waals surface area contributed by atoms with E-state index in [0.29, 0.717) is 12.8 Å². The topological polar surface area (TPSA) is 96.3 Å². The van der Waals surface area contributed by atoms with Gasteiger partial charge in [-0.2, -0.15) is 18.4 Å². The van der Waals surface area contributed by atoms with Crippen LogP contribution in [0.2, 0.25) is 0 Å². The fourth-order valence-corrected chi connectivity index (χ4v) is 5.98. The highest BCUT2D eigenvalue weighted by molar-refractivity contribution is 9.10. The van der Waals surface area contributed by atoms with Gasteiger partial charge in [0, 0.05) is 11.6 Å². The van der Waals surface area contributed by atoms with Crippen molar-refractivity contribution in [1.29, 1.82) is 5.26 Å². The summed E-state index contributed by atoms with van der Waals surface area (Å²) in [6.07, 6.45) is -4.89. The van der Waals surface area contributed by atoms with Gasteiger partial charge in [-0.1, -0.05) is 15.9 Å². The van der Waals surface area contributed by atoms with Crippen molar-refractivity contribution in [3.05, 3.63) is 28.2 Å². The summed E-state index contributed by atoms with van der Waals surface area (Å²) in [6, 6.07) is 4.90. The van der Waals surface area contributed by atoms with E-state index >= 15 is 0 Å². The fourth-order valence-electron chi connectivity index (χ4n) is 3.61. The average Bonchev–Trinajstić information content (AvgIpc) is 3.27. The number of halogens is 4. The van der Waals surface area contributed by atoms with Crippen molar-refractivity contribution < 1.29 is 31.1 Å². The van der Waals surface area contributed by atoms with Gasteiger partial charge in [-0.15, -0.1) is 0 Å². The van der Waals surface area contributed by atoms with Crippen LogP contribution in [0.15, 0.2) is 27.6 Å². The molecule has 2 saturated carbocycles. The number of nitrogens with one attached hydrogen (secondary N) is 1. The second kappa shape index (κ2) is 7.56. The highest BCUT2D eigenvalue weighted by atomic mass is 79.9. The molecule has 0 saturated heterocycles. The largest absolute Gasteiger partial charge is 0.417 e. The molecule has 3 atom stereocenters. The van der Waals surface area contributed by atoms with Crippen LogP contribution in [0.5, 0.6) is 0 Å². The van der Waals surface area contributed by atoms with Crippen LogP contribution in [-0.4, -0.2) is 38.3 Å². The lowest BCUT2D eigenvalue weighted by Gasteiger charge is -2.19. The molecular weight excluding hydrogens is 477 g/mol. The maximum atomic E-state index is 13.4. The summed E-state index contributed by atoms with van der Waals surface area (Å²) in [7, 11) is -3.06. The SMILES string of the molecule is CO[C@H]1C[C@@H](S(=O)(=O)c2ccc(Br)cc2C(F)(F)F)C[C@@H]1C(=O)NC1(C#N)CC1. The van der Waals surface area contributed by atoms with Gasteiger partial charge < -0.3 is 10.1 Å². The number of nitriles is 1. The minimum absolute atomic E-state index is 0.105. The van der Waals surface area contributed by atoms with Crippen molar-refractivity contribution in [3.63, 3.8) is 0 Å². The summed E-state index contributed by atoms with van der Waals surface area (Å²) >= 11 is 2.93. The Bertz CT molecular complexity index is 970. The number of methoxy groups -OCH3 is 1. The minimum atomic E-state index is -4.85. The molecule has 158 valence electrons. The summed E-state index contributed by atoms with van der Waals surface area (Å²) in [4.78, 5) is 11.8. The summed E-state index contributed by atoms with van der Waals surface area (Å²) in [5.41, 5.74) is -2.18. The van der Waals surface area contributed by atoms with E-state index in [1.807, 2.05) is 6.07 Å². The van der Waals surface area contributed by atoms with E-state index in [1.165, 1.54) is 13.2 Å². The number of carbonyl (C=O) groups excluding carboxylic acids is 1. The van der Waals surface area contributed by atoms with Crippen LogP contribution in [0.3, 0.4) is 0 Å². The molecule has 0 aliphatic heterocycles. The van der Waals surface area contributed by atoms with E-state index in [9.17, 15) is 26.4 Å². The molecule has 0 bridgehead atoms. The number of amides is 1. The Kier molecular flexibility index (Phi) is 5.75. The van der Waals surface area contributed by atoms with E-state index < -0.39 is 55.2 Å². The van der Waals surface area contributed by atoms with Gasteiger partial charge in [-0.3, -0.25) is 4.79 Å². The molecule has 29 heavy (non-hydrogen) atoms. The van der Waals surface area contributed by atoms with Crippen LogP contribution in [0.25, 0.3) is 0 Å². The molecular formula is C18H18BrF3N2O4S. The third-order valence-corrected chi connectivity index (χ3v) is 8.14. The highest BCUT2D eigenvalue weighted by Crippen LogP contribution is 2.42. The summed E-state index contributed by atoms with van der Waals surface area (Å²) < 4.78 is 71.7.